The van der Waals surface area contributed by atoms with Crippen molar-refractivity contribution in [3.63, 3.8) is 0 Å². The van der Waals surface area contributed by atoms with E-state index in [9.17, 15) is 4.79 Å². The molecule has 1 fully saturated rings. The van der Waals surface area contributed by atoms with E-state index in [2.05, 4.69) is 32.4 Å². The Hall–Kier alpha value is -2.77. The Morgan fingerprint density at radius 1 is 1.20 bits per heavy atom. The van der Waals surface area contributed by atoms with E-state index in [1.165, 1.54) is 0 Å². The number of amides is 1. The third-order valence-corrected chi connectivity index (χ3v) is 5.69. The van der Waals surface area contributed by atoms with Gasteiger partial charge in [-0.1, -0.05) is 30.3 Å². The summed E-state index contributed by atoms with van der Waals surface area (Å²) < 4.78 is 7.19. The van der Waals surface area contributed by atoms with Crippen molar-refractivity contribution in [2.45, 2.75) is 26.3 Å². The van der Waals surface area contributed by atoms with Crippen LogP contribution in [0.4, 0.5) is 0 Å². The van der Waals surface area contributed by atoms with Crippen molar-refractivity contribution in [3.8, 4) is 0 Å². The molecule has 1 saturated heterocycles. The Morgan fingerprint density at radius 2 is 1.93 bits per heavy atom. The van der Waals surface area contributed by atoms with Gasteiger partial charge in [0.2, 0.25) is 0 Å². The predicted molar refractivity (Wildman–Crippen MR) is 117 cm³/mol. The lowest BCUT2D eigenvalue weighted by atomic mass is 10.0. The van der Waals surface area contributed by atoms with Gasteiger partial charge in [0.15, 0.2) is 5.65 Å². The number of pyridine rings is 1. The smallest absolute Gasteiger partial charge is 0.252 e. The highest BCUT2D eigenvalue weighted by atomic mass is 16.5. The third kappa shape index (κ3) is 4.37. The molecule has 1 aliphatic heterocycles. The van der Waals surface area contributed by atoms with Crippen LogP contribution in [-0.2, 0) is 11.8 Å². The zero-order valence-corrected chi connectivity index (χ0v) is 17.9. The minimum absolute atomic E-state index is 0.0676. The number of aryl methyl sites for hydroxylation is 3. The largest absolute Gasteiger partial charge is 0.379 e. The van der Waals surface area contributed by atoms with Crippen LogP contribution in [0.5, 0.6) is 0 Å². The van der Waals surface area contributed by atoms with Crippen LogP contribution in [0, 0.1) is 13.8 Å². The van der Waals surface area contributed by atoms with Crippen LogP contribution in [-0.4, -0.2) is 58.4 Å². The van der Waals surface area contributed by atoms with E-state index >= 15 is 0 Å². The van der Waals surface area contributed by atoms with Crippen LogP contribution in [0.25, 0.3) is 11.0 Å². The van der Waals surface area contributed by atoms with Crippen LogP contribution in [0.15, 0.2) is 36.4 Å². The summed E-state index contributed by atoms with van der Waals surface area (Å²) in [5.74, 6) is -0.0857. The normalized spacial score (nSPS) is 16.0. The van der Waals surface area contributed by atoms with Gasteiger partial charge in [0.05, 0.1) is 35.9 Å². The lowest BCUT2D eigenvalue weighted by molar-refractivity contribution is 0.0360. The summed E-state index contributed by atoms with van der Waals surface area (Å²) in [7, 11) is 1.86. The molecular weight excluding hydrogens is 378 g/mol. The second-order valence-electron chi connectivity index (χ2n) is 7.90. The number of carbonyl (C=O) groups excluding carboxylic acids is 1. The number of nitrogens with one attached hydrogen (secondary N) is 1. The number of carbonyl (C=O) groups is 1. The maximum atomic E-state index is 13.4. The first-order valence-electron chi connectivity index (χ1n) is 10.5. The van der Waals surface area contributed by atoms with Crippen LogP contribution in [0.1, 0.15) is 39.8 Å². The molecule has 3 heterocycles. The van der Waals surface area contributed by atoms with Gasteiger partial charge in [-0.25, -0.2) is 4.98 Å². The molecule has 1 amide bonds. The van der Waals surface area contributed by atoms with E-state index in [4.69, 9.17) is 4.74 Å². The van der Waals surface area contributed by atoms with Gasteiger partial charge >= 0.3 is 0 Å². The Labute approximate surface area is 177 Å². The molecule has 1 unspecified atom stereocenters. The summed E-state index contributed by atoms with van der Waals surface area (Å²) in [5.41, 5.74) is 4.11. The SMILES string of the molecule is Cc1cc(C(=O)NC(CCN2CCOCC2)c2ccccc2)c2c(C)nn(C)c2n1. The summed E-state index contributed by atoms with van der Waals surface area (Å²) in [5, 5.41) is 8.57. The van der Waals surface area contributed by atoms with Crippen LogP contribution in [0.2, 0.25) is 0 Å². The number of aromatic nitrogens is 3. The summed E-state index contributed by atoms with van der Waals surface area (Å²) in [6.07, 6.45) is 0.842. The first kappa shape index (κ1) is 20.5. The lowest BCUT2D eigenvalue weighted by Crippen LogP contribution is -2.39. The Bertz CT molecular complexity index is 1020. The summed E-state index contributed by atoms with van der Waals surface area (Å²) in [6, 6.07) is 12.0. The summed E-state index contributed by atoms with van der Waals surface area (Å²) in [4.78, 5) is 20.4. The van der Waals surface area contributed by atoms with Gasteiger partial charge in [-0.05, 0) is 31.9 Å². The van der Waals surface area contributed by atoms with Gasteiger partial charge in [-0.2, -0.15) is 5.10 Å². The fraction of sp³-hybridized carbons (Fsp3) is 0.435. The van der Waals surface area contributed by atoms with Crippen molar-refractivity contribution in [1.82, 2.24) is 25.0 Å². The minimum atomic E-state index is -0.0857. The molecule has 30 heavy (non-hydrogen) atoms. The number of hydrogen-bond acceptors (Lipinski definition) is 5. The highest BCUT2D eigenvalue weighted by Crippen LogP contribution is 2.24. The number of rotatable bonds is 6. The molecule has 0 saturated carbocycles. The van der Waals surface area contributed by atoms with Gasteiger partial charge < -0.3 is 10.1 Å². The molecular formula is C23H29N5O2. The zero-order valence-electron chi connectivity index (χ0n) is 17.9. The third-order valence-electron chi connectivity index (χ3n) is 5.69. The highest BCUT2D eigenvalue weighted by Gasteiger charge is 2.22. The molecule has 7 heteroatoms. The molecule has 3 aromatic rings. The van der Waals surface area contributed by atoms with Gasteiger partial charge in [0.1, 0.15) is 0 Å². The maximum absolute atomic E-state index is 13.4. The number of morpholine rings is 1. The number of fused-ring (bicyclic) bond motifs is 1. The molecule has 0 bridgehead atoms. The quantitative estimate of drug-likeness (QED) is 0.680. The monoisotopic (exact) mass is 407 g/mol. The van der Waals surface area contributed by atoms with E-state index < -0.39 is 0 Å². The highest BCUT2D eigenvalue weighted by molar-refractivity contribution is 6.06. The summed E-state index contributed by atoms with van der Waals surface area (Å²) in [6.45, 7) is 8.17. The van der Waals surface area contributed by atoms with Crippen molar-refractivity contribution in [3.05, 3.63) is 58.9 Å². The van der Waals surface area contributed by atoms with E-state index in [1.807, 2.05) is 45.2 Å². The molecule has 7 nitrogen and oxygen atoms in total. The zero-order chi connectivity index (χ0) is 21.1. The minimum Gasteiger partial charge on any atom is -0.379 e. The van der Waals surface area contributed by atoms with Crippen molar-refractivity contribution in [2.24, 2.45) is 7.05 Å². The van der Waals surface area contributed by atoms with Crippen molar-refractivity contribution >= 4 is 16.9 Å². The van der Waals surface area contributed by atoms with Crippen LogP contribution in [0.3, 0.4) is 0 Å². The predicted octanol–water partition coefficient (Wildman–Crippen LogP) is 2.78. The molecule has 0 radical (unpaired) electrons. The first-order valence-corrected chi connectivity index (χ1v) is 10.5. The number of hydrogen-bond donors (Lipinski definition) is 1. The Morgan fingerprint density at radius 3 is 2.67 bits per heavy atom. The fourth-order valence-corrected chi connectivity index (χ4v) is 4.13. The number of nitrogens with zero attached hydrogens (tertiary/aromatic N) is 4. The van der Waals surface area contributed by atoms with Crippen molar-refractivity contribution in [2.75, 3.05) is 32.8 Å². The molecule has 1 aliphatic rings. The Balaban J connectivity index is 1.59. The molecule has 1 N–H and O–H groups in total. The first-order chi connectivity index (χ1) is 14.5. The van der Waals surface area contributed by atoms with Gasteiger partial charge in [-0.15, -0.1) is 0 Å². The van der Waals surface area contributed by atoms with E-state index in [0.717, 1.165) is 67.3 Å². The molecule has 1 aromatic carbocycles. The van der Waals surface area contributed by atoms with Crippen molar-refractivity contribution in [1.29, 1.82) is 0 Å². The average molecular weight is 408 g/mol. The maximum Gasteiger partial charge on any atom is 0.252 e. The second kappa shape index (κ2) is 8.93. The molecule has 1 atom stereocenters. The molecule has 158 valence electrons. The van der Waals surface area contributed by atoms with E-state index in [-0.39, 0.29) is 11.9 Å². The number of benzene rings is 1. The van der Waals surface area contributed by atoms with E-state index in [1.54, 1.807) is 4.68 Å². The Kier molecular flexibility index (Phi) is 6.11. The van der Waals surface area contributed by atoms with Crippen molar-refractivity contribution < 1.29 is 9.53 Å². The van der Waals surface area contributed by atoms with Gasteiger partial charge in [0.25, 0.3) is 5.91 Å². The molecule has 4 rings (SSSR count). The van der Waals surface area contributed by atoms with Crippen LogP contribution < -0.4 is 5.32 Å². The molecule has 0 aliphatic carbocycles. The topological polar surface area (TPSA) is 72.3 Å². The average Bonchev–Trinajstić information content (AvgIpc) is 3.05. The van der Waals surface area contributed by atoms with Crippen LogP contribution >= 0.6 is 0 Å². The molecule has 2 aromatic heterocycles. The number of ether oxygens (including phenoxy) is 1. The molecule has 0 spiro atoms. The lowest BCUT2D eigenvalue weighted by Gasteiger charge is -2.29. The standard InChI is InChI=1S/C23H29N5O2/c1-16-15-19(21-17(2)26-27(3)22(21)24-16)23(29)25-20(18-7-5-4-6-8-18)9-10-28-11-13-30-14-12-28/h4-8,15,20H,9-14H2,1-3H3,(H,25,29). The van der Waals surface area contributed by atoms with Gasteiger partial charge in [-0.3, -0.25) is 14.4 Å². The van der Waals surface area contributed by atoms with E-state index in [0.29, 0.717) is 5.56 Å². The second-order valence-corrected chi connectivity index (χ2v) is 7.90. The summed E-state index contributed by atoms with van der Waals surface area (Å²) >= 11 is 0. The van der Waals surface area contributed by atoms with Gasteiger partial charge in [0, 0.05) is 32.4 Å². The fourth-order valence-electron chi connectivity index (χ4n) is 4.13.